The van der Waals surface area contributed by atoms with Gasteiger partial charge < -0.3 is 9.73 Å². The number of nitrogens with zero attached hydrogens (tertiary/aromatic N) is 1. The van der Waals surface area contributed by atoms with Gasteiger partial charge in [-0.05, 0) is 55.8 Å². The lowest BCUT2D eigenvalue weighted by atomic mass is 10.1. The summed E-state index contributed by atoms with van der Waals surface area (Å²) in [6.07, 6.45) is 0. The van der Waals surface area contributed by atoms with Gasteiger partial charge in [0.25, 0.3) is 0 Å². The minimum absolute atomic E-state index is 0.131. The van der Waals surface area contributed by atoms with E-state index < -0.39 is 5.76 Å². The number of amides is 1. The number of halogens is 1. The largest absolute Gasteiger partial charge is 0.420 e. The highest BCUT2D eigenvalue weighted by Gasteiger charge is 2.14. The monoisotopic (exact) mass is 358 g/mol. The van der Waals surface area contributed by atoms with Crippen molar-refractivity contribution >= 4 is 40.1 Å². The summed E-state index contributed by atoms with van der Waals surface area (Å²) in [7, 11) is 0. The molecule has 2 aromatic carbocycles. The van der Waals surface area contributed by atoms with Gasteiger partial charge in [-0.15, -0.1) is 0 Å². The van der Waals surface area contributed by atoms with Crippen LogP contribution in [0.15, 0.2) is 45.6 Å². The van der Waals surface area contributed by atoms with Gasteiger partial charge in [-0.2, -0.15) is 0 Å². The highest BCUT2D eigenvalue weighted by molar-refractivity contribution is 6.30. The second kappa shape index (κ2) is 6.57. The maximum absolute atomic E-state index is 12.3. The predicted molar refractivity (Wildman–Crippen MR) is 95.3 cm³/mol. The molecule has 0 bridgehead atoms. The van der Waals surface area contributed by atoms with E-state index in [-0.39, 0.29) is 23.8 Å². The Morgan fingerprint density at radius 1 is 1.20 bits per heavy atom. The topological polar surface area (TPSA) is 81.3 Å². The summed E-state index contributed by atoms with van der Waals surface area (Å²) in [5.41, 5.74) is 2.60. The molecule has 7 heteroatoms. The highest BCUT2D eigenvalue weighted by atomic mass is 35.5. The summed E-state index contributed by atoms with van der Waals surface area (Å²) in [4.78, 5) is 35.7. The molecule has 0 atom stereocenters. The molecule has 0 aliphatic heterocycles. The predicted octanol–water partition coefficient (Wildman–Crippen LogP) is 3.40. The Hall–Kier alpha value is -2.86. The average molecular weight is 359 g/mol. The number of anilines is 1. The SMILES string of the molecule is CC(=O)c1ccc2c(c1)oc(=O)n2CC(=O)Nc1ccc(Cl)cc1C. The van der Waals surface area contributed by atoms with Crippen molar-refractivity contribution in [2.24, 2.45) is 0 Å². The van der Waals surface area contributed by atoms with Gasteiger partial charge in [0, 0.05) is 16.3 Å². The molecule has 1 heterocycles. The van der Waals surface area contributed by atoms with Crippen molar-refractivity contribution in [2.75, 3.05) is 5.32 Å². The van der Waals surface area contributed by atoms with Crippen LogP contribution in [-0.2, 0) is 11.3 Å². The molecular formula is C18H15ClN2O4. The molecule has 0 saturated carbocycles. The molecule has 0 radical (unpaired) electrons. The van der Waals surface area contributed by atoms with E-state index in [1.54, 1.807) is 30.3 Å². The van der Waals surface area contributed by atoms with Gasteiger partial charge in [0.2, 0.25) is 5.91 Å². The fourth-order valence-electron chi connectivity index (χ4n) is 2.54. The van der Waals surface area contributed by atoms with Crippen LogP contribution in [-0.4, -0.2) is 16.3 Å². The molecule has 1 N–H and O–H groups in total. The molecule has 3 rings (SSSR count). The van der Waals surface area contributed by atoms with E-state index in [1.165, 1.54) is 17.6 Å². The van der Waals surface area contributed by atoms with Gasteiger partial charge in [0.15, 0.2) is 11.4 Å². The summed E-state index contributed by atoms with van der Waals surface area (Å²) in [6, 6.07) is 9.80. The van der Waals surface area contributed by atoms with E-state index in [0.29, 0.717) is 21.8 Å². The van der Waals surface area contributed by atoms with Crippen LogP contribution in [0.3, 0.4) is 0 Å². The summed E-state index contributed by atoms with van der Waals surface area (Å²) in [6.45, 7) is 3.05. The molecule has 0 aliphatic rings. The van der Waals surface area contributed by atoms with E-state index in [1.807, 2.05) is 6.92 Å². The summed E-state index contributed by atoms with van der Waals surface area (Å²) in [5.74, 6) is -1.15. The molecule has 6 nitrogen and oxygen atoms in total. The van der Waals surface area contributed by atoms with E-state index in [0.717, 1.165) is 5.56 Å². The number of ketones is 1. The zero-order valence-electron chi connectivity index (χ0n) is 13.6. The second-order valence-corrected chi connectivity index (χ2v) is 6.14. The van der Waals surface area contributed by atoms with Crippen LogP contribution in [0, 0.1) is 6.92 Å². The third-order valence-corrected chi connectivity index (χ3v) is 4.07. The van der Waals surface area contributed by atoms with Gasteiger partial charge in [0.05, 0.1) is 5.52 Å². The molecule has 0 fully saturated rings. The molecule has 1 aromatic heterocycles. The number of aryl methyl sites for hydroxylation is 1. The number of hydrogen-bond donors (Lipinski definition) is 1. The van der Waals surface area contributed by atoms with E-state index >= 15 is 0 Å². The minimum atomic E-state index is -0.654. The Morgan fingerprint density at radius 3 is 2.64 bits per heavy atom. The van der Waals surface area contributed by atoms with E-state index in [2.05, 4.69) is 5.32 Å². The summed E-state index contributed by atoms with van der Waals surface area (Å²) >= 11 is 5.90. The van der Waals surface area contributed by atoms with Crippen LogP contribution >= 0.6 is 11.6 Å². The number of rotatable bonds is 4. The maximum atomic E-state index is 12.3. The van der Waals surface area contributed by atoms with Gasteiger partial charge in [-0.25, -0.2) is 4.79 Å². The standard InChI is InChI=1S/C18H15ClN2O4/c1-10-7-13(19)4-5-14(10)20-17(23)9-21-15-6-3-12(11(2)22)8-16(15)25-18(21)24/h3-8H,9H2,1-2H3,(H,20,23). The first kappa shape index (κ1) is 17.0. The first-order chi connectivity index (χ1) is 11.8. The zero-order chi connectivity index (χ0) is 18.1. The molecule has 0 saturated heterocycles. The molecule has 3 aromatic rings. The third kappa shape index (κ3) is 3.49. The summed E-state index contributed by atoms with van der Waals surface area (Å²) < 4.78 is 6.36. The number of hydrogen-bond acceptors (Lipinski definition) is 4. The summed E-state index contributed by atoms with van der Waals surface area (Å²) in [5, 5.41) is 3.32. The van der Waals surface area contributed by atoms with Gasteiger partial charge in [-0.1, -0.05) is 11.6 Å². The number of Topliss-reactive ketones (excluding diaryl/α,β-unsaturated/α-hetero) is 1. The number of carbonyl (C=O) groups excluding carboxylic acids is 2. The van der Waals surface area contributed by atoms with Crippen LogP contribution in [0.5, 0.6) is 0 Å². The number of benzene rings is 2. The van der Waals surface area contributed by atoms with Crippen molar-refractivity contribution in [3.63, 3.8) is 0 Å². The van der Waals surface area contributed by atoms with Crippen molar-refractivity contribution in [2.45, 2.75) is 20.4 Å². The van der Waals surface area contributed by atoms with Gasteiger partial charge in [0.1, 0.15) is 6.54 Å². The number of carbonyl (C=O) groups is 2. The molecule has 0 aliphatic carbocycles. The van der Waals surface area contributed by atoms with Crippen LogP contribution < -0.4 is 11.1 Å². The fraction of sp³-hybridized carbons (Fsp3) is 0.167. The number of fused-ring (bicyclic) bond motifs is 1. The smallest absolute Gasteiger partial charge is 0.408 e. The van der Waals surface area contributed by atoms with Crippen LogP contribution in [0.1, 0.15) is 22.8 Å². The molecular weight excluding hydrogens is 344 g/mol. The number of aromatic nitrogens is 1. The maximum Gasteiger partial charge on any atom is 0.420 e. The minimum Gasteiger partial charge on any atom is -0.408 e. The Bertz CT molecular complexity index is 1050. The van der Waals surface area contributed by atoms with E-state index in [9.17, 15) is 14.4 Å². The van der Waals surface area contributed by atoms with Crippen LogP contribution in [0.25, 0.3) is 11.1 Å². The zero-order valence-corrected chi connectivity index (χ0v) is 14.4. The van der Waals surface area contributed by atoms with Crippen LogP contribution in [0.4, 0.5) is 5.69 Å². The van der Waals surface area contributed by atoms with Crippen molar-refractivity contribution in [3.8, 4) is 0 Å². The first-order valence-electron chi connectivity index (χ1n) is 7.55. The van der Waals surface area contributed by atoms with Gasteiger partial charge in [-0.3, -0.25) is 14.2 Å². The average Bonchev–Trinajstić information content (AvgIpc) is 2.85. The Morgan fingerprint density at radius 2 is 1.96 bits per heavy atom. The normalized spacial score (nSPS) is 10.8. The molecule has 0 spiro atoms. The third-order valence-electron chi connectivity index (χ3n) is 3.84. The first-order valence-corrected chi connectivity index (χ1v) is 7.93. The van der Waals surface area contributed by atoms with Crippen molar-refractivity contribution < 1.29 is 14.0 Å². The molecule has 25 heavy (non-hydrogen) atoms. The lowest BCUT2D eigenvalue weighted by Gasteiger charge is -2.09. The lowest BCUT2D eigenvalue weighted by molar-refractivity contribution is -0.116. The molecule has 128 valence electrons. The van der Waals surface area contributed by atoms with Crippen LogP contribution in [0.2, 0.25) is 5.02 Å². The lowest BCUT2D eigenvalue weighted by Crippen LogP contribution is -2.25. The number of nitrogens with one attached hydrogen (secondary N) is 1. The quantitative estimate of drug-likeness (QED) is 0.725. The van der Waals surface area contributed by atoms with Gasteiger partial charge >= 0.3 is 5.76 Å². The molecule has 0 unspecified atom stereocenters. The fourth-order valence-corrected chi connectivity index (χ4v) is 2.76. The molecule has 1 amide bonds. The number of oxazole rings is 1. The highest BCUT2D eigenvalue weighted by Crippen LogP contribution is 2.20. The second-order valence-electron chi connectivity index (χ2n) is 5.70. The van der Waals surface area contributed by atoms with Crippen molar-refractivity contribution in [1.29, 1.82) is 0 Å². The Kier molecular flexibility index (Phi) is 4.46. The van der Waals surface area contributed by atoms with Crippen molar-refractivity contribution in [3.05, 3.63) is 63.1 Å². The Balaban J connectivity index is 1.87. The van der Waals surface area contributed by atoms with E-state index in [4.69, 9.17) is 16.0 Å². The van der Waals surface area contributed by atoms with Crippen molar-refractivity contribution in [1.82, 2.24) is 4.57 Å². The Labute approximate surface area is 148 Å².